The highest BCUT2D eigenvalue weighted by Crippen LogP contribution is 2.28. The Morgan fingerprint density at radius 2 is 2.04 bits per heavy atom. The summed E-state index contributed by atoms with van der Waals surface area (Å²) in [5.41, 5.74) is 3.04. The number of aryl methyl sites for hydroxylation is 3. The second kappa shape index (κ2) is 8.19. The van der Waals surface area contributed by atoms with Crippen LogP contribution in [0.3, 0.4) is 0 Å². The van der Waals surface area contributed by atoms with Crippen LogP contribution in [0.5, 0.6) is 5.75 Å². The highest BCUT2D eigenvalue weighted by atomic mass is 79.9. The summed E-state index contributed by atoms with van der Waals surface area (Å²) in [7, 11) is 1.75. The molecule has 0 N–H and O–H groups in total. The first-order valence-electron chi connectivity index (χ1n) is 7.57. The molecule has 6 nitrogen and oxygen atoms in total. The fraction of sp³-hybridized carbons (Fsp3) is 0.500. The molecule has 1 aromatic carbocycles. The smallest absolute Gasteiger partial charge is 0.204 e. The number of hydrogen-bond acceptors (Lipinski definition) is 5. The van der Waals surface area contributed by atoms with Crippen molar-refractivity contribution in [1.82, 2.24) is 20.2 Å². The number of carbonyl (C=O) groups excluding carboxylic acids is 1. The van der Waals surface area contributed by atoms with Crippen molar-refractivity contribution >= 4 is 22.2 Å². The van der Waals surface area contributed by atoms with E-state index < -0.39 is 0 Å². The molecule has 0 saturated heterocycles. The minimum absolute atomic E-state index is 0.232. The Morgan fingerprint density at radius 1 is 1.35 bits per heavy atom. The van der Waals surface area contributed by atoms with Gasteiger partial charge in [0, 0.05) is 16.8 Å². The molecule has 2 aromatic rings. The Kier molecular flexibility index (Phi) is 6.27. The number of hydrogen-bond donors (Lipinski definition) is 0. The first-order chi connectivity index (χ1) is 11.0. The van der Waals surface area contributed by atoms with E-state index in [1.54, 1.807) is 7.05 Å². The van der Waals surface area contributed by atoms with Crippen LogP contribution in [0, 0.1) is 13.8 Å². The highest BCUT2D eigenvalue weighted by Gasteiger charge is 2.11. The molecule has 0 saturated carbocycles. The third kappa shape index (κ3) is 4.86. The maximum absolute atomic E-state index is 10.4. The van der Waals surface area contributed by atoms with Crippen molar-refractivity contribution in [3.63, 3.8) is 0 Å². The molecule has 1 aromatic heterocycles. The van der Waals surface area contributed by atoms with Gasteiger partial charge in [0.2, 0.25) is 5.82 Å². The largest absolute Gasteiger partial charge is 0.493 e. The maximum Gasteiger partial charge on any atom is 0.204 e. The van der Waals surface area contributed by atoms with Crippen molar-refractivity contribution in [1.29, 1.82) is 0 Å². The van der Waals surface area contributed by atoms with Crippen LogP contribution in [0.4, 0.5) is 0 Å². The Morgan fingerprint density at radius 3 is 2.61 bits per heavy atom. The fourth-order valence-electron chi connectivity index (χ4n) is 2.41. The van der Waals surface area contributed by atoms with Crippen LogP contribution in [0.25, 0.3) is 11.4 Å². The zero-order valence-electron chi connectivity index (χ0n) is 13.6. The van der Waals surface area contributed by atoms with E-state index >= 15 is 0 Å². The molecular weight excluding hydrogens is 360 g/mol. The second-order valence-corrected chi connectivity index (χ2v) is 6.83. The first kappa shape index (κ1) is 17.6. The number of carbonyl (C=O) groups is 1. The zero-order chi connectivity index (χ0) is 16.8. The van der Waals surface area contributed by atoms with Gasteiger partial charge in [-0.1, -0.05) is 15.9 Å². The number of aldehydes is 1. The third-order valence-electron chi connectivity index (χ3n) is 3.49. The lowest BCUT2D eigenvalue weighted by Gasteiger charge is -2.14. The molecule has 23 heavy (non-hydrogen) atoms. The number of halogens is 1. The number of aromatic nitrogens is 4. The normalized spacial score (nSPS) is 12.2. The molecule has 1 atom stereocenters. The van der Waals surface area contributed by atoms with Gasteiger partial charge < -0.3 is 9.53 Å². The standard InChI is InChI=1S/C16H21BrN4O2/c1-11-9-13(16-18-20-21(3)19-16)10-12(2)15(11)23-8-4-5-14(17)6-7-22/h7,9-10,14H,4-6,8H2,1-3H3. The Bertz CT molecular complexity index is 649. The summed E-state index contributed by atoms with van der Waals surface area (Å²) in [5.74, 6) is 1.51. The predicted molar refractivity (Wildman–Crippen MR) is 91.8 cm³/mol. The molecule has 0 aliphatic carbocycles. The predicted octanol–water partition coefficient (Wildman–Crippen LogP) is 3.01. The van der Waals surface area contributed by atoms with Gasteiger partial charge in [0.15, 0.2) is 0 Å². The minimum Gasteiger partial charge on any atom is -0.493 e. The van der Waals surface area contributed by atoms with E-state index in [0.717, 1.165) is 41.6 Å². The van der Waals surface area contributed by atoms with Gasteiger partial charge in [-0.3, -0.25) is 0 Å². The van der Waals surface area contributed by atoms with Crippen molar-refractivity contribution in [2.75, 3.05) is 6.61 Å². The van der Waals surface area contributed by atoms with E-state index in [-0.39, 0.29) is 4.83 Å². The van der Waals surface area contributed by atoms with Crippen LogP contribution in [-0.2, 0) is 11.8 Å². The van der Waals surface area contributed by atoms with E-state index in [1.165, 1.54) is 4.80 Å². The number of ether oxygens (including phenoxy) is 1. The molecule has 0 radical (unpaired) electrons. The van der Waals surface area contributed by atoms with Gasteiger partial charge >= 0.3 is 0 Å². The van der Waals surface area contributed by atoms with E-state index in [0.29, 0.717) is 18.9 Å². The number of nitrogens with zero attached hydrogens (tertiary/aromatic N) is 4. The average molecular weight is 381 g/mol. The lowest BCUT2D eigenvalue weighted by atomic mass is 10.1. The first-order valence-corrected chi connectivity index (χ1v) is 8.49. The molecule has 1 unspecified atom stereocenters. The van der Waals surface area contributed by atoms with Crippen LogP contribution >= 0.6 is 15.9 Å². The van der Waals surface area contributed by atoms with E-state index in [1.807, 2.05) is 26.0 Å². The summed E-state index contributed by atoms with van der Waals surface area (Å²) in [4.78, 5) is 12.1. The van der Waals surface area contributed by atoms with Gasteiger partial charge in [-0.25, -0.2) is 0 Å². The Balaban J connectivity index is 1.99. The quantitative estimate of drug-likeness (QED) is 0.399. The van der Waals surface area contributed by atoms with Gasteiger partial charge in [-0.05, 0) is 55.2 Å². The van der Waals surface area contributed by atoms with Crippen LogP contribution in [0.1, 0.15) is 30.4 Å². The zero-order valence-corrected chi connectivity index (χ0v) is 15.2. The van der Waals surface area contributed by atoms with E-state index in [4.69, 9.17) is 4.74 Å². The Hall–Kier alpha value is -1.76. The summed E-state index contributed by atoms with van der Waals surface area (Å²) in [6, 6.07) is 4.03. The van der Waals surface area contributed by atoms with Crippen molar-refractivity contribution in [2.45, 2.75) is 37.9 Å². The number of alkyl halides is 1. The second-order valence-electron chi connectivity index (χ2n) is 5.53. The molecular formula is C16H21BrN4O2. The monoisotopic (exact) mass is 380 g/mol. The molecule has 0 aliphatic heterocycles. The van der Waals surface area contributed by atoms with Crippen LogP contribution in [0.2, 0.25) is 0 Å². The number of rotatable bonds is 8. The highest BCUT2D eigenvalue weighted by molar-refractivity contribution is 9.09. The lowest BCUT2D eigenvalue weighted by molar-refractivity contribution is -0.107. The van der Waals surface area contributed by atoms with Crippen molar-refractivity contribution in [3.8, 4) is 17.1 Å². The van der Waals surface area contributed by atoms with Crippen LogP contribution in [0.15, 0.2) is 12.1 Å². The summed E-state index contributed by atoms with van der Waals surface area (Å²) >= 11 is 3.48. The van der Waals surface area contributed by atoms with Crippen molar-refractivity contribution < 1.29 is 9.53 Å². The molecule has 0 amide bonds. The van der Waals surface area contributed by atoms with Crippen LogP contribution in [-0.4, -0.2) is 37.9 Å². The minimum atomic E-state index is 0.232. The molecule has 0 bridgehead atoms. The summed E-state index contributed by atoms with van der Waals surface area (Å²) in [6.45, 7) is 4.66. The molecule has 0 spiro atoms. The van der Waals surface area contributed by atoms with Gasteiger partial charge in [-0.15, -0.1) is 10.2 Å². The van der Waals surface area contributed by atoms with Crippen molar-refractivity contribution in [2.24, 2.45) is 7.05 Å². The SMILES string of the molecule is Cc1cc(-c2nnn(C)n2)cc(C)c1OCCCC(Br)CC=O. The summed E-state index contributed by atoms with van der Waals surface area (Å²) < 4.78 is 5.92. The van der Waals surface area contributed by atoms with Crippen LogP contribution < -0.4 is 4.74 Å². The summed E-state index contributed by atoms with van der Waals surface area (Å²) in [5, 5.41) is 12.1. The Labute approximate surface area is 144 Å². The molecule has 1 heterocycles. The average Bonchev–Trinajstić information content (AvgIpc) is 2.92. The topological polar surface area (TPSA) is 69.9 Å². The molecule has 7 heteroatoms. The molecule has 2 rings (SSSR count). The van der Waals surface area contributed by atoms with E-state index in [9.17, 15) is 4.79 Å². The summed E-state index contributed by atoms with van der Waals surface area (Å²) in [6.07, 6.45) is 3.29. The van der Waals surface area contributed by atoms with Gasteiger partial charge in [-0.2, -0.15) is 4.80 Å². The molecule has 0 aliphatic rings. The van der Waals surface area contributed by atoms with E-state index in [2.05, 4.69) is 31.3 Å². The van der Waals surface area contributed by atoms with Crippen molar-refractivity contribution in [3.05, 3.63) is 23.3 Å². The van der Waals surface area contributed by atoms with Gasteiger partial charge in [0.25, 0.3) is 0 Å². The van der Waals surface area contributed by atoms with Gasteiger partial charge in [0.1, 0.15) is 12.0 Å². The number of benzene rings is 1. The molecule has 0 fully saturated rings. The fourth-order valence-corrected chi connectivity index (χ4v) is 2.88. The maximum atomic E-state index is 10.4. The number of tetrazole rings is 1. The van der Waals surface area contributed by atoms with Gasteiger partial charge in [0.05, 0.1) is 13.7 Å². The lowest BCUT2D eigenvalue weighted by Crippen LogP contribution is -2.05. The molecule has 124 valence electrons. The third-order valence-corrected chi connectivity index (χ3v) is 4.32.